The molecule has 1 aliphatic carbocycles. The standard InChI is InChI=1S/C23H20ClFN4OS/c1-29-19-11-10-15(24)12-18(19)20(14-6-3-2-4-7-14)27-21(22(29)30)28-23(31)26-17-9-5-8-16(25)13-17/h2-3,5-6,8-13,21H,4,7H2,1H3,(H2,26,28,31). The first-order valence-electron chi connectivity index (χ1n) is 9.77. The topological polar surface area (TPSA) is 56.7 Å². The van der Waals surface area contributed by atoms with E-state index in [1.807, 2.05) is 24.3 Å². The van der Waals surface area contributed by atoms with Gasteiger partial charge >= 0.3 is 0 Å². The monoisotopic (exact) mass is 454 g/mol. The number of thiocarbonyl (C=S) groups is 1. The fourth-order valence-corrected chi connectivity index (χ4v) is 3.96. The molecule has 2 aromatic carbocycles. The van der Waals surface area contributed by atoms with Gasteiger partial charge in [0.2, 0.25) is 6.17 Å². The van der Waals surface area contributed by atoms with E-state index in [4.69, 9.17) is 28.8 Å². The first-order valence-corrected chi connectivity index (χ1v) is 10.6. The molecule has 0 bridgehead atoms. The summed E-state index contributed by atoms with van der Waals surface area (Å²) in [5.41, 5.74) is 3.71. The fraction of sp³-hybridized carbons (Fsp3) is 0.174. The van der Waals surface area contributed by atoms with E-state index in [2.05, 4.69) is 16.7 Å². The minimum absolute atomic E-state index is 0.168. The molecule has 0 spiro atoms. The molecule has 1 aliphatic heterocycles. The van der Waals surface area contributed by atoms with Gasteiger partial charge in [0.15, 0.2) is 5.11 Å². The smallest absolute Gasteiger partial charge is 0.272 e. The summed E-state index contributed by atoms with van der Waals surface area (Å²) in [6.07, 6.45) is 6.82. The third-order valence-electron chi connectivity index (χ3n) is 5.07. The van der Waals surface area contributed by atoms with Gasteiger partial charge in [-0.15, -0.1) is 0 Å². The van der Waals surface area contributed by atoms with Gasteiger partial charge in [-0.1, -0.05) is 35.9 Å². The van der Waals surface area contributed by atoms with Gasteiger partial charge in [0, 0.05) is 23.3 Å². The molecule has 2 aromatic rings. The minimum atomic E-state index is -0.952. The zero-order valence-electron chi connectivity index (χ0n) is 16.7. The van der Waals surface area contributed by atoms with Crippen LogP contribution in [0.25, 0.3) is 0 Å². The summed E-state index contributed by atoms with van der Waals surface area (Å²) >= 11 is 11.6. The van der Waals surface area contributed by atoms with E-state index < -0.39 is 6.17 Å². The number of nitrogens with zero attached hydrogens (tertiary/aromatic N) is 2. The highest BCUT2D eigenvalue weighted by atomic mass is 35.5. The van der Waals surface area contributed by atoms with Crippen LogP contribution in [-0.4, -0.2) is 29.9 Å². The van der Waals surface area contributed by atoms with E-state index in [-0.39, 0.29) is 16.8 Å². The summed E-state index contributed by atoms with van der Waals surface area (Å²) in [5, 5.41) is 6.60. The Hall–Kier alpha value is -3.03. The Kier molecular flexibility index (Phi) is 6.15. The number of halogens is 2. The lowest BCUT2D eigenvalue weighted by Gasteiger charge is -2.22. The van der Waals surface area contributed by atoms with Crippen molar-refractivity contribution in [3.05, 3.63) is 82.7 Å². The fourth-order valence-electron chi connectivity index (χ4n) is 3.55. The average molecular weight is 455 g/mol. The molecule has 1 heterocycles. The van der Waals surface area contributed by atoms with Crippen molar-refractivity contribution < 1.29 is 9.18 Å². The van der Waals surface area contributed by atoms with Crippen LogP contribution in [-0.2, 0) is 4.79 Å². The second-order valence-corrected chi connectivity index (χ2v) is 8.05. The van der Waals surface area contributed by atoms with Gasteiger partial charge in [-0.3, -0.25) is 4.79 Å². The summed E-state index contributed by atoms with van der Waals surface area (Å²) in [5.74, 6) is -0.656. The van der Waals surface area contributed by atoms with Crippen molar-refractivity contribution >= 4 is 51.9 Å². The van der Waals surface area contributed by atoms with E-state index in [1.165, 1.54) is 12.1 Å². The Balaban J connectivity index is 1.69. The van der Waals surface area contributed by atoms with Crippen molar-refractivity contribution in [3.63, 3.8) is 0 Å². The molecule has 0 saturated carbocycles. The summed E-state index contributed by atoms with van der Waals surface area (Å²) in [6.45, 7) is 0. The number of likely N-dealkylation sites (N-methyl/N-ethyl adjacent to an activating group) is 1. The Morgan fingerprint density at radius 3 is 2.87 bits per heavy atom. The number of hydrogen-bond donors (Lipinski definition) is 2. The number of benzene rings is 2. The van der Waals surface area contributed by atoms with E-state index in [9.17, 15) is 9.18 Å². The highest BCUT2D eigenvalue weighted by molar-refractivity contribution is 7.80. The Morgan fingerprint density at radius 2 is 2.13 bits per heavy atom. The van der Waals surface area contributed by atoms with Crippen molar-refractivity contribution in [2.24, 2.45) is 4.99 Å². The maximum Gasteiger partial charge on any atom is 0.272 e. The zero-order chi connectivity index (χ0) is 22.0. The molecule has 0 aromatic heterocycles. The van der Waals surface area contributed by atoms with Crippen LogP contribution < -0.4 is 15.5 Å². The molecule has 0 fully saturated rings. The van der Waals surface area contributed by atoms with E-state index >= 15 is 0 Å². The van der Waals surface area contributed by atoms with Gasteiger partial charge < -0.3 is 15.5 Å². The average Bonchev–Trinajstić information content (AvgIpc) is 2.85. The first-order chi connectivity index (χ1) is 14.9. The molecule has 2 N–H and O–H groups in total. The lowest BCUT2D eigenvalue weighted by molar-refractivity contribution is -0.119. The molecule has 31 heavy (non-hydrogen) atoms. The Labute approximate surface area is 190 Å². The number of anilines is 2. The second kappa shape index (κ2) is 8.99. The molecule has 0 radical (unpaired) electrons. The van der Waals surface area contributed by atoms with E-state index in [1.54, 1.807) is 30.1 Å². The SMILES string of the molecule is CN1C(=O)C(NC(=S)Nc2cccc(F)c2)N=C(C2=CC=CCC2)c2cc(Cl)ccc21. The van der Waals surface area contributed by atoms with Crippen LogP contribution in [0.2, 0.25) is 5.02 Å². The van der Waals surface area contributed by atoms with Gasteiger partial charge in [0.05, 0.1) is 11.4 Å². The number of allylic oxidation sites excluding steroid dienone is 4. The van der Waals surface area contributed by atoms with Gasteiger partial charge in [0.1, 0.15) is 5.82 Å². The number of carbonyl (C=O) groups is 1. The summed E-state index contributed by atoms with van der Waals surface area (Å²) in [4.78, 5) is 19.5. The predicted molar refractivity (Wildman–Crippen MR) is 127 cm³/mol. The highest BCUT2D eigenvalue weighted by Gasteiger charge is 2.31. The number of fused-ring (bicyclic) bond motifs is 1. The lowest BCUT2D eigenvalue weighted by Crippen LogP contribution is -2.47. The number of aliphatic imine (C=N–C) groups is 1. The number of amides is 1. The highest BCUT2D eigenvalue weighted by Crippen LogP contribution is 2.31. The van der Waals surface area contributed by atoms with Gasteiger partial charge in [-0.2, -0.15) is 0 Å². The number of hydrogen-bond acceptors (Lipinski definition) is 3. The summed E-state index contributed by atoms with van der Waals surface area (Å²) in [6, 6.07) is 11.3. The van der Waals surface area contributed by atoms with E-state index in [0.29, 0.717) is 16.4 Å². The molecule has 1 amide bonds. The van der Waals surface area contributed by atoms with E-state index in [0.717, 1.165) is 29.7 Å². The van der Waals surface area contributed by atoms with Crippen molar-refractivity contribution in [3.8, 4) is 0 Å². The van der Waals surface area contributed by atoms with Gasteiger partial charge in [0.25, 0.3) is 5.91 Å². The number of benzodiazepines with no additional fused rings is 1. The third-order valence-corrected chi connectivity index (χ3v) is 5.52. The maximum absolute atomic E-state index is 13.5. The molecule has 158 valence electrons. The Bertz CT molecular complexity index is 1140. The molecular weight excluding hydrogens is 435 g/mol. The summed E-state index contributed by atoms with van der Waals surface area (Å²) in [7, 11) is 1.69. The van der Waals surface area contributed by atoms with Crippen LogP contribution in [0.3, 0.4) is 0 Å². The molecule has 0 saturated heterocycles. The molecule has 1 unspecified atom stereocenters. The largest absolute Gasteiger partial charge is 0.333 e. The predicted octanol–water partition coefficient (Wildman–Crippen LogP) is 4.83. The van der Waals surface area contributed by atoms with Crippen LogP contribution in [0.15, 0.2) is 71.3 Å². The van der Waals surface area contributed by atoms with Crippen molar-refractivity contribution in [1.82, 2.24) is 5.32 Å². The normalized spacial score (nSPS) is 18.0. The molecule has 4 rings (SSSR count). The second-order valence-electron chi connectivity index (χ2n) is 7.21. The summed E-state index contributed by atoms with van der Waals surface area (Å²) < 4.78 is 13.5. The zero-order valence-corrected chi connectivity index (χ0v) is 18.3. The number of rotatable bonds is 3. The molecule has 1 atom stereocenters. The molecular formula is C23H20ClFN4OS. The van der Waals surface area contributed by atoms with Crippen LogP contribution >= 0.6 is 23.8 Å². The van der Waals surface area contributed by atoms with Crippen molar-refractivity contribution in [2.45, 2.75) is 19.0 Å². The van der Waals surface area contributed by atoms with Crippen molar-refractivity contribution in [2.75, 3.05) is 17.3 Å². The van der Waals surface area contributed by atoms with Crippen LogP contribution in [0, 0.1) is 5.82 Å². The molecule has 2 aliphatic rings. The number of nitrogens with one attached hydrogen (secondary N) is 2. The maximum atomic E-state index is 13.5. The van der Waals surface area contributed by atoms with Crippen LogP contribution in [0.1, 0.15) is 18.4 Å². The van der Waals surface area contributed by atoms with Crippen LogP contribution in [0.5, 0.6) is 0 Å². The van der Waals surface area contributed by atoms with Crippen molar-refractivity contribution in [1.29, 1.82) is 0 Å². The minimum Gasteiger partial charge on any atom is -0.333 e. The quantitative estimate of drug-likeness (QED) is 0.652. The lowest BCUT2D eigenvalue weighted by atomic mass is 9.94. The van der Waals surface area contributed by atoms with Gasteiger partial charge in [-0.25, -0.2) is 9.38 Å². The number of carbonyl (C=O) groups excluding carboxylic acids is 1. The third kappa shape index (κ3) is 4.68. The first kappa shape index (κ1) is 21.2. The molecule has 8 heteroatoms. The Morgan fingerprint density at radius 1 is 1.29 bits per heavy atom. The van der Waals surface area contributed by atoms with Gasteiger partial charge in [-0.05, 0) is 67.0 Å². The molecule has 5 nitrogen and oxygen atoms in total. The van der Waals surface area contributed by atoms with Crippen LogP contribution in [0.4, 0.5) is 15.8 Å².